The van der Waals surface area contributed by atoms with Gasteiger partial charge in [-0.25, -0.2) is 17.5 Å². The normalized spacial score (nSPS) is 13.1. The van der Waals surface area contributed by atoms with Crippen LogP contribution in [0.1, 0.15) is 31.2 Å². The molecule has 0 saturated heterocycles. The molecule has 2 aromatic rings. The zero-order valence-electron chi connectivity index (χ0n) is 17.2. The van der Waals surface area contributed by atoms with E-state index in [0.29, 0.717) is 63.5 Å². The highest BCUT2D eigenvalue weighted by atomic mass is 32.2. The Morgan fingerprint density at radius 2 is 1.68 bits per heavy atom. The Hall–Kier alpha value is -2.65. The molecule has 0 spiro atoms. The van der Waals surface area contributed by atoms with Crippen LogP contribution in [0.15, 0.2) is 47.4 Å². The van der Waals surface area contributed by atoms with E-state index in [4.69, 9.17) is 9.47 Å². The van der Waals surface area contributed by atoms with Crippen molar-refractivity contribution in [2.75, 3.05) is 26.3 Å². The van der Waals surface area contributed by atoms with E-state index < -0.39 is 10.0 Å². The maximum Gasteiger partial charge on any atom is 0.240 e. The average molecular weight is 451 g/mol. The van der Waals surface area contributed by atoms with Gasteiger partial charge in [-0.15, -0.1) is 0 Å². The summed E-state index contributed by atoms with van der Waals surface area (Å²) in [6.07, 6.45) is 3.07. The van der Waals surface area contributed by atoms with Crippen LogP contribution in [0, 0.1) is 5.82 Å². The van der Waals surface area contributed by atoms with Gasteiger partial charge in [0.2, 0.25) is 15.9 Å². The minimum Gasteiger partial charge on any atom is -0.486 e. The molecule has 0 atom stereocenters. The van der Waals surface area contributed by atoms with E-state index in [0.717, 1.165) is 12.0 Å². The highest BCUT2D eigenvalue weighted by molar-refractivity contribution is 7.89. The van der Waals surface area contributed by atoms with E-state index in [1.165, 1.54) is 24.3 Å². The minimum absolute atomic E-state index is 0.0426. The van der Waals surface area contributed by atoms with Crippen molar-refractivity contribution in [2.45, 2.75) is 37.0 Å². The predicted octanol–water partition coefficient (Wildman–Crippen LogP) is 2.79. The van der Waals surface area contributed by atoms with Crippen LogP contribution in [0.4, 0.5) is 4.39 Å². The molecule has 0 aromatic heterocycles. The van der Waals surface area contributed by atoms with Gasteiger partial charge in [0, 0.05) is 25.6 Å². The number of rotatable bonds is 11. The standard InChI is InChI=1S/C22H27FN2O5S/c23-18-7-5-17(6-8-18)11-13-24-22(26)4-2-1-3-12-25-31(27,28)19-9-10-20-21(16-19)30-15-14-29-20/h5-10,16,25H,1-4,11-15H2,(H,24,26). The van der Waals surface area contributed by atoms with E-state index in [9.17, 15) is 17.6 Å². The maximum absolute atomic E-state index is 12.9. The Balaban J connectivity index is 1.29. The molecule has 7 nitrogen and oxygen atoms in total. The van der Waals surface area contributed by atoms with Gasteiger partial charge in [-0.1, -0.05) is 18.6 Å². The summed E-state index contributed by atoms with van der Waals surface area (Å²) in [5, 5.41) is 2.84. The van der Waals surface area contributed by atoms with E-state index >= 15 is 0 Å². The summed E-state index contributed by atoms with van der Waals surface area (Å²) in [5.41, 5.74) is 0.965. The van der Waals surface area contributed by atoms with Crippen molar-refractivity contribution in [1.29, 1.82) is 0 Å². The lowest BCUT2D eigenvalue weighted by Gasteiger charge is -2.18. The molecule has 0 radical (unpaired) electrons. The molecular formula is C22H27FN2O5S. The molecule has 168 valence electrons. The Bertz CT molecular complexity index is 980. The second-order valence-corrected chi connectivity index (χ2v) is 9.01. The summed E-state index contributed by atoms with van der Waals surface area (Å²) in [6.45, 7) is 1.64. The molecule has 2 N–H and O–H groups in total. The van der Waals surface area contributed by atoms with Gasteiger partial charge in [0.05, 0.1) is 4.90 Å². The summed E-state index contributed by atoms with van der Waals surface area (Å²) < 4.78 is 51.1. The van der Waals surface area contributed by atoms with Crippen LogP contribution in [0.2, 0.25) is 0 Å². The van der Waals surface area contributed by atoms with Crippen molar-refractivity contribution < 1.29 is 27.1 Å². The van der Waals surface area contributed by atoms with Crippen molar-refractivity contribution in [3.8, 4) is 11.5 Å². The van der Waals surface area contributed by atoms with Crippen molar-refractivity contribution in [2.24, 2.45) is 0 Å². The van der Waals surface area contributed by atoms with Gasteiger partial charge in [0.15, 0.2) is 11.5 Å². The number of fused-ring (bicyclic) bond motifs is 1. The van der Waals surface area contributed by atoms with Crippen molar-refractivity contribution in [3.63, 3.8) is 0 Å². The van der Waals surface area contributed by atoms with Gasteiger partial charge >= 0.3 is 0 Å². The highest BCUT2D eigenvalue weighted by Gasteiger charge is 2.18. The molecule has 0 fully saturated rings. The number of unbranched alkanes of at least 4 members (excludes halogenated alkanes) is 2. The predicted molar refractivity (Wildman–Crippen MR) is 114 cm³/mol. The number of hydrogen-bond donors (Lipinski definition) is 2. The van der Waals surface area contributed by atoms with Crippen LogP contribution in [0.5, 0.6) is 11.5 Å². The lowest BCUT2D eigenvalue weighted by Crippen LogP contribution is -2.26. The van der Waals surface area contributed by atoms with Gasteiger partial charge in [0.25, 0.3) is 0 Å². The van der Waals surface area contributed by atoms with Crippen molar-refractivity contribution >= 4 is 15.9 Å². The molecule has 1 aliphatic rings. The molecule has 0 aliphatic carbocycles. The first-order chi connectivity index (χ1) is 14.9. The Morgan fingerprint density at radius 1 is 0.935 bits per heavy atom. The molecule has 0 bridgehead atoms. The molecule has 1 aliphatic heterocycles. The summed E-state index contributed by atoms with van der Waals surface area (Å²) in [6, 6.07) is 10.8. The van der Waals surface area contributed by atoms with Crippen LogP contribution in [0.25, 0.3) is 0 Å². The van der Waals surface area contributed by atoms with E-state index in [-0.39, 0.29) is 16.6 Å². The number of nitrogens with one attached hydrogen (secondary N) is 2. The summed E-state index contributed by atoms with van der Waals surface area (Å²) in [7, 11) is -3.63. The van der Waals surface area contributed by atoms with Crippen LogP contribution in [-0.2, 0) is 21.2 Å². The SMILES string of the molecule is O=C(CCCCCNS(=O)(=O)c1ccc2c(c1)OCCO2)NCCc1ccc(F)cc1. The van der Waals surface area contributed by atoms with Gasteiger partial charge in [-0.2, -0.15) is 0 Å². The third-order valence-electron chi connectivity index (χ3n) is 4.85. The molecule has 3 rings (SSSR count). The number of ether oxygens (including phenoxy) is 2. The molecule has 0 unspecified atom stereocenters. The molecule has 1 heterocycles. The molecule has 9 heteroatoms. The Morgan fingerprint density at radius 3 is 2.45 bits per heavy atom. The highest BCUT2D eigenvalue weighted by Crippen LogP contribution is 2.32. The molecule has 31 heavy (non-hydrogen) atoms. The number of hydrogen-bond acceptors (Lipinski definition) is 5. The number of sulfonamides is 1. The topological polar surface area (TPSA) is 93.7 Å². The fourth-order valence-electron chi connectivity index (χ4n) is 3.15. The number of benzene rings is 2. The average Bonchev–Trinajstić information content (AvgIpc) is 2.77. The summed E-state index contributed by atoms with van der Waals surface area (Å²) in [5.74, 6) is 0.654. The van der Waals surface area contributed by atoms with E-state index in [2.05, 4.69) is 10.0 Å². The largest absolute Gasteiger partial charge is 0.486 e. The maximum atomic E-state index is 12.9. The van der Waals surface area contributed by atoms with E-state index in [1.54, 1.807) is 18.2 Å². The number of amides is 1. The first-order valence-corrected chi connectivity index (χ1v) is 11.8. The quantitative estimate of drug-likeness (QED) is 0.514. The molecule has 1 amide bonds. The first kappa shape index (κ1) is 23.0. The number of carbonyl (C=O) groups is 1. The van der Waals surface area contributed by atoms with Crippen molar-refractivity contribution in [3.05, 3.63) is 53.8 Å². The van der Waals surface area contributed by atoms with E-state index in [1.807, 2.05) is 0 Å². The number of carbonyl (C=O) groups excluding carboxylic acids is 1. The Labute approximate surface area is 182 Å². The summed E-state index contributed by atoms with van der Waals surface area (Å²) >= 11 is 0. The van der Waals surface area contributed by atoms with Crippen LogP contribution in [-0.4, -0.2) is 40.6 Å². The minimum atomic E-state index is -3.63. The zero-order chi connectivity index (χ0) is 22.1. The Kier molecular flexibility index (Phi) is 8.25. The number of halogens is 1. The second kappa shape index (κ2) is 11.1. The summed E-state index contributed by atoms with van der Waals surface area (Å²) in [4.78, 5) is 12.0. The molecule has 2 aromatic carbocycles. The monoisotopic (exact) mass is 450 g/mol. The first-order valence-electron chi connectivity index (χ1n) is 10.3. The fraction of sp³-hybridized carbons (Fsp3) is 0.409. The van der Waals surface area contributed by atoms with Gasteiger partial charge in [0.1, 0.15) is 19.0 Å². The van der Waals surface area contributed by atoms with Gasteiger partial charge in [-0.05, 0) is 49.1 Å². The smallest absolute Gasteiger partial charge is 0.240 e. The zero-order valence-corrected chi connectivity index (χ0v) is 18.0. The second-order valence-electron chi connectivity index (χ2n) is 7.24. The van der Waals surface area contributed by atoms with Crippen molar-refractivity contribution in [1.82, 2.24) is 10.0 Å². The lowest BCUT2D eigenvalue weighted by atomic mass is 10.1. The fourth-order valence-corrected chi connectivity index (χ4v) is 4.24. The van der Waals surface area contributed by atoms with Crippen LogP contribution in [0.3, 0.4) is 0 Å². The third kappa shape index (κ3) is 7.22. The molecule has 0 saturated carbocycles. The molecular weight excluding hydrogens is 423 g/mol. The van der Waals surface area contributed by atoms with Crippen LogP contribution < -0.4 is 19.5 Å². The van der Waals surface area contributed by atoms with Gasteiger partial charge < -0.3 is 14.8 Å². The van der Waals surface area contributed by atoms with Gasteiger partial charge in [-0.3, -0.25) is 4.79 Å². The lowest BCUT2D eigenvalue weighted by molar-refractivity contribution is -0.121. The third-order valence-corrected chi connectivity index (χ3v) is 6.30. The van der Waals surface area contributed by atoms with Crippen LogP contribution >= 0.6 is 0 Å².